The van der Waals surface area contributed by atoms with E-state index in [0.717, 1.165) is 0 Å². The van der Waals surface area contributed by atoms with Crippen molar-refractivity contribution in [3.63, 3.8) is 0 Å². The van der Waals surface area contributed by atoms with Crippen molar-refractivity contribution in [1.29, 1.82) is 0 Å². The van der Waals surface area contributed by atoms with Crippen LogP contribution in [0.25, 0.3) is 22.1 Å². The number of aromatic nitrogens is 6. The summed E-state index contributed by atoms with van der Waals surface area (Å²) in [5.41, 5.74) is 1.99. The molecule has 6 aromatic rings. The van der Waals surface area contributed by atoms with Crippen molar-refractivity contribution in [2.24, 2.45) is 7.05 Å². The van der Waals surface area contributed by atoms with E-state index in [2.05, 4.69) is 41.8 Å². The average Bonchev–Trinajstić information content (AvgIpc) is 3.75. The first kappa shape index (κ1) is 31.3. The molecule has 0 bridgehead atoms. The number of rotatable bonds is 7. The molecule has 3 N–H and O–H groups in total. The van der Waals surface area contributed by atoms with Crippen LogP contribution in [0.2, 0.25) is 0 Å². The fraction of sp³-hybridized carbons (Fsp3) is 0.152. The van der Waals surface area contributed by atoms with Gasteiger partial charge in [-0.15, -0.1) is 5.10 Å². The van der Waals surface area contributed by atoms with E-state index in [9.17, 15) is 22.8 Å². The Labute approximate surface area is 279 Å². The van der Waals surface area contributed by atoms with Gasteiger partial charge >= 0.3 is 0 Å². The molecule has 49 heavy (non-hydrogen) atoms. The molecule has 15 nitrogen and oxygen atoms in total. The number of para-hydroxylation sites is 1. The van der Waals surface area contributed by atoms with Crippen LogP contribution in [-0.4, -0.2) is 63.3 Å². The van der Waals surface area contributed by atoms with Gasteiger partial charge in [-0.05, 0) is 37.3 Å². The highest BCUT2D eigenvalue weighted by molar-refractivity contribution is 7.90. The van der Waals surface area contributed by atoms with Crippen LogP contribution in [0.15, 0.2) is 78.1 Å². The topological polar surface area (TPSA) is 178 Å². The van der Waals surface area contributed by atoms with Gasteiger partial charge in [0.25, 0.3) is 27.6 Å². The van der Waals surface area contributed by atoms with Gasteiger partial charge in [0.1, 0.15) is 5.56 Å². The molecule has 1 aliphatic rings. The molecule has 0 radical (unpaired) electrons. The summed E-state index contributed by atoms with van der Waals surface area (Å²) in [6, 6.07) is 12.8. The Morgan fingerprint density at radius 1 is 1.00 bits per heavy atom. The van der Waals surface area contributed by atoms with Crippen LogP contribution in [-0.2, 0) is 17.3 Å². The summed E-state index contributed by atoms with van der Waals surface area (Å²) in [6.45, 7) is 1.64. The van der Waals surface area contributed by atoms with E-state index in [0.29, 0.717) is 27.9 Å². The van der Waals surface area contributed by atoms with Gasteiger partial charge in [-0.1, -0.05) is 30.0 Å². The first-order chi connectivity index (χ1) is 23.5. The Balaban J connectivity index is 1.44. The molecular weight excluding hydrogens is 648 g/mol. The van der Waals surface area contributed by atoms with E-state index in [1.165, 1.54) is 33.4 Å². The zero-order chi connectivity index (χ0) is 34.6. The average molecular weight is 677 g/mol. The van der Waals surface area contributed by atoms with Crippen molar-refractivity contribution in [3.05, 3.63) is 112 Å². The first-order valence-electron chi connectivity index (χ1n) is 14.9. The Morgan fingerprint density at radius 3 is 2.49 bits per heavy atom. The number of benzene rings is 2. The number of hydrogen-bond acceptors (Lipinski definition) is 8. The number of nitrogens with one attached hydrogen (secondary N) is 3. The monoisotopic (exact) mass is 676 g/mol. The second kappa shape index (κ2) is 11.7. The van der Waals surface area contributed by atoms with Crippen LogP contribution in [0.5, 0.6) is 0 Å². The number of carbonyl (C=O) groups is 2. The Hall–Kier alpha value is -6.31. The maximum atomic E-state index is 14.7. The smallest absolute Gasteiger partial charge is 0.300 e. The quantitative estimate of drug-likeness (QED) is 0.215. The molecule has 0 fully saturated rings. The molecule has 0 unspecified atom stereocenters. The Kier molecular flexibility index (Phi) is 7.50. The van der Waals surface area contributed by atoms with Crippen LogP contribution < -0.4 is 25.2 Å². The molecule has 5 heterocycles. The van der Waals surface area contributed by atoms with E-state index in [1.54, 1.807) is 86.6 Å². The normalized spacial score (nSPS) is 13.1. The zero-order valence-electron chi connectivity index (χ0n) is 26.6. The lowest BCUT2D eigenvalue weighted by molar-refractivity contribution is 0.0935. The number of amides is 2. The first-order valence-corrected chi connectivity index (χ1v) is 16.4. The van der Waals surface area contributed by atoms with Crippen LogP contribution in [0, 0.1) is 11.8 Å². The Morgan fingerprint density at radius 2 is 1.78 bits per heavy atom. The van der Waals surface area contributed by atoms with Crippen LogP contribution in [0.1, 0.15) is 50.5 Å². The van der Waals surface area contributed by atoms with Crippen molar-refractivity contribution in [2.45, 2.75) is 13.0 Å². The molecule has 0 saturated carbocycles. The maximum Gasteiger partial charge on any atom is 0.300 e. The number of hydrogen-bond donors (Lipinski definition) is 3. The highest BCUT2D eigenvalue weighted by Gasteiger charge is 2.37. The fourth-order valence-corrected chi connectivity index (χ4v) is 6.46. The third-order valence-corrected chi connectivity index (χ3v) is 9.17. The molecular formula is C33H28N10O5S. The highest BCUT2D eigenvalue weighted by atomic mass is 32.2. The summed E-state index contributed by atoms with van der Waals surface area (Å²) >= 11 is 0. The van der Waals surface area contributed by atoms with Gasteiger partial charge in [0, 0.05) is 56.4 Å². The van der Waals surface area contributed by atoms with Gasteiger partial charge < -0.3 is 10.2 Å². The predicted octanol–water partition coefficient (Wildman–Crippen LogP) is 2.12. The molecule has 246 valence electrons. The number of nitrogens with zero attached hydrogens (tertiary/aromatic N) is 7. The van der Waals surface area contributed by atoms with Crippen molar-refractivity contribution in [2.75, 3.05) is 23.7 Å². The van der Waals surface area contributed by atoms with E-state index in [1.807, 2.05) is 0 Å². The lowest BCUT2D eigenvalue weighted by Crippen LogP contribution is -2.35. The fourth-order valence-electron chi connectivity index (χ4n) is 5.96. The summed E-state index contributed by atoms with van der Waals surface area (Å²) in [4.78, 5) is 48.5. The maximum absolute atomic E-state index is 14.7. The molecule has 4 aromatic heterocycles. The number of anilines is 2. The van der Waals surface area contributed by atoms with E-state index < -0.39 is 27.7 Å². The lowest BCUT2D eigenvalue weighted by Gasteiger charge is -2.23. The molecule has 1 atom stereocenters. The number of aryl methyl sites for hydroxylation is 1. The minimum Gasteiger partial charge on any atom is -0.344 e. The van der Waals surface area contributed by atoms with Crippen molar-refractivity contribution >= 4 is 49.9 Å². The highest BCUT2D eigenvalue weighted by Crippen LogP contribution is 2.40. The summed E-state index contributed by atoms with van der Waals surface area (Å²) in [5.74, 6) is 4.77. The molecule has 0 saturated heterocycles. The van der Waals surface area contributed by atoms with Gasteiger partial charge in [0.05, 0.1) is 40.1 Å². The summed E-state index contributed by atoms with van der Waals surface area (Å²) in [7, 11) is 0.539. The minimum absolute atomic E-state index is 0.0828. The molecule has 16 heteroatoms. The van der Waals surface area contributed by atoms with E-state index in [4.69, 9.17) is 0 Å². The minimum atomic E-state index is -4.07. The Bertz CT molecular complexity index is 2580. The SMILES string of the molecule is CNS(=O)(=O)Nc1nn2cccnc2c1C(=O)N[C@@H](C)c1c2c3c(ccc(C#Cc4cnn(C)c4)c3c(=O)n1-c1ccccc1)N(C)C2=O. The molecule has 7 rings (SSSR count). The number of fused-ring (bicyclic) bond motifs is 1. The second-order valence-electron chi connectivity index (χ2n) is 11.3. The van der Waals surface area contributed by atoms with Gasteiger partial charge in [0.2, 0.25) is 0 Å². The van der Waals surface area contributed by atoms with E-state index >= 15 is 0 Å². The third-order valence-electron chi connectivity index (χ3n) is 8.17. The predicted molar refractivity (Wildman–Crippen MR) is 182 cm³/mol. The zero-order valence-corrected chi connectivity index (χ0v) is 27.4. The summed E-state index contributed by atoms with van der Waals surface area (Å²) in [6.07, 6.45) is 6.32. The van der Waals surface area contributed by atoms with Crippen molar-refractivity contribution < 1.29 is 18.0 Å². The largest absolute Gasteiger partial charge is 0.344 e. The second-order valence-corrected chi connectivity index (χ2v) is 12.9. The molecule has 2 aromatic carbocycles. The van der Waals surface area contributed by atoms with Gasteiger partial charge in [-0.3, -0.25) is 28.4 Å². The van der Waals surface area contributed by atoms with Crippen LogP contribution in [0.3, 0.4) is 0 Å². The van der Waals surface area contributed by atoms with Crippen molar-refractivity contribution in [1.82, 2.24) is 39.0 Å². The van der Waals surface area contributed by atoms with Gasteiger partial charge in [0.15, 0.2) is 11.5 Å². The standard InChI is InChI=1S/C33H28N10O5S/c1-19(37-31(44)27-29(39-49(47,48)34-2)38-42-16-8-15-35-30(27)42)28-26-25-23(41(4)32(26)45)14-13-21(12-11-20-17-36-40(3)18-20)24(25)33(46)43(28)22-9-6-5-7-10-22/h5-10,13-19,34H,1-4H3,(H,37,44)(H,38,39)/t19-/m0/s1. The summed E-state index contributed by atoms with van der Waals surface area (Å²) in [5, 5.41) is 11.9. The van der Waals surface area contributed by atoms with Crippen LogP contribution in [0.4, 0.5) is 11.5 Å². The van der Waals surface area contributed by atoms with Gasteiger partial charge in [-0.25, -0.2) is 14.2 Å². The van der Waals surface area contributed by atoms with Gasteiger partial charge in [-0.2, -0.15) is 13.5 Å². The lowest BCUT2D eigenvalue weighted by atomic mass is 9.97. The van der Waals surface area contributed by atoms with E-state index in [-0.39, 0.29) is 39.6 Å². The van der Waals surface area contributed by atoms with Crippen LogP contribution >= 0.6 is 0 Å². The molecule has 1 aliphatic heterocycles. The molecule has 0 spiro atoms. The molecule has 2 amide bonds. The summed E-state index contributed by atoms with van der Waals surface area (Å²) < 4.78 is 33.5. The molecule has 0 aliphatic carbocycles. The number of carbonyl (C=O) groups excluding carboxylic acids is 2. The van der Waals surface area contributed by atoms with Crippen molar-refractivity contribution in [3.8, 4) is 17.5 Å². The third kappa shape index (κ3) is 5.26. The number of pyridine rings is 1.